The molecule has 0 aliphatic carbocycles. The Balaban J connectivity index is 1.47. The van der Waals surface area contributed by atoms with Gasteiger partial charge in [0.1, 0.15) is 12.7 Å². The minimum atomic E-state index is -0.378. The lowest BCUT2D eigenvalue weighted by Crippen LogP contribution is -2.66. The molecular weight excluding hydrogens is 356 g/mol. The highest BCUT2D eigenvalue weighted by atomic mass is 16.2. The standard InChI is InChI=1S/C20H32N6O2/c1-23-13-8-20(19(28)24-9-2-3-10-24)7-5-12-26(17(20)14-23)18(27)6-4-11-25-16-21-15-22-25/h15-17H,2-14H2,1H3/t17-,20+/m0/s1. The summed E-state index contributed by atoms with van der Waals surface area (Å²) in [6.07, 6.45) is 9.37. The van der Waals surface area contributed by atoms with E-state index in [1.807, 2.05) is 4.90 Å². The largest absolute Gasteiger partial charge is 0.342 e. The number of likely N-dealkylation sites (N-methyl/N-ethyl adjacent to an activating group) is 1. The molecule has 8 nitrogen and oxygen atoms in total. The quantitative estimate of drug-likeness (QED) is 0.752. The number of carbonyl (C=O) groups excluding carboxylic acids is 2. The first-order valence-electron chi connectivity index (χ1n) is 10.7. The predicted octanol–water partition coefficient (Wildman–Crippen LogP) is 0.994. The highest BCUT2D eigenvalue weighted by Crippen LogP contribution is 2.44. The fourth-order valence-corrected chi connectivity index (χ4v) is 5.30. The van der Waals surface area contributed by atoms with Gasteiger partial charge >= 0.3 is 0 Å². The Labute approximate surface area is 166 Å². The highest BCUT2D eigenvalue weighted by molar-refractivity contribution is 5.86. The number of carbonyl (C=O) groups is 2. The second-order valence-electron chi connectivity index (χ2n) is 8.64. The number of nitrogens with zero attached hydrogens (tertiary/aromatic N) is 6. The van der Waals surface area contributed by atoms with Crippen molar-refractivity contribution < 1.29 is 9.59 Å². The monoisotopic (exact) mass is 388 g/mol. The lowest BCUT2D eigenvalue weighted by Gasteiger charge is -2.54. The van der Waals surface area contributed by atoms with Gasteiger partial charge in [-0.2, -0.15) is 5.10 Å². The summed E-state index contributed by atoms with van der Waals surface area (Å²) in [5, 5.41) is 4.10. The summed E-state index contributed by atoms with van der Waals surface area (Å²) in [7, 11) is 2.10. The zero-order valence-electron chi connectivity index (χ0n) is 16.9. The fraction of sp³-hybridized carbons (Fsp3) is 0.800. The summed E-state index contributed by atoms with van der Waals surface area (Å²) in [6.45, 7) is 4.97. The summed E-state index contributed by atoms with van der Waals surface area (Å²) in [4.78, 5) is 37.0. The number of fused-ring (bicyclic) bond motifs is 1. The van der Waals surface area contributed by atoms with Crippen molar-refractivity contribution in [1.29, 1.82) is 0 Å². The second-order valence-corrected chi connectivity index (χ2v) is 8.64. The molecule has 3 fully saturated rings. The van der Waals surface area contributed by atoms with E-state index in [-0.39, 0.29) is 17.4 Å². The molecule has 1 aromatic heterocycles. The van der Waals surface area contributed by atoms with E-state index in [2.05, 4.69) is 26.9 Å². The maximum absolute atomic E-state index is 13.6. The third kappa shape index (κ3) is 3.66. The van der Waals surface area contributed by atoms with Crippen LogP contribution in [0.2, 0.25) is 0 Å². The van der Waals surface area contributed by atoms with Gasteiger partial charge < -0.3 is 14.7 Å². The molecule has 8 heteroatoms. The van der Waals surface area contributed by atoms with Gasteiger partial charge in [-0.25, -0.2) is 4.98 Å². The zero-order valence-corrected chi connectivity index (χ0v) is 16.9. The van der Waals surface area contributed by atoms with Crippen LogP contribution < -0.4 is 0 Å². The number of amides is 2. The van der Waals surface area contributed by atoms with Crippen molar-refractivity contribution in [3.8, 4) is 0 Å². The second kappa shape index (κ2) is 8.19. The minimum absolute atomic E-state index is 0.00645. The molecule has 4 heterocycles. The van der Waals surface area contributed by atoms with Crippen LogP contribution in [0.3, 0.4) is 0 Å². The SMILES string of the molecule is CN1CC[C@]2(C(=O)N3CCCC3)CCCN(C(=O)CCCn3cncn3)[C@H]2C1. The summed E-state index contributed by atoms with van der Waals surface area (Å²) in [5.41, 5.74) is -0.378. The van der Waals surface area contributed by atoms with Gasteiger partial charge in [-0.15, -0.1) is 0 Å². The molecule has 3 aliphatic heterocycles. The van der Waals surface area contributed by atoms with E-state index in [9.17, 15) is 9.59 Å². The number of hydrogen-bond acceptors (Lipinski definition) is 5. The molecule has 0 spiro atoms. The van der Waals surface area contributed by atoms with Gasteiger partial charge in [0.15, 0.2) is 0 Å². The van der Waals surface area contributed by atoms with E-state index in [4.69, 9.17) is 0 Å². The predicted molar refractivity (Wildman–Crippen MR) is 104 cm³/mol. The van der Waals surface area contributed by atoms with Crippen LogP contribution in [0.4, 0.5) is 0 Å². The summed E-state index contributed by atoms with van der Waals surface area (Å²) in [6, 6.07) is 0.00645. The van der Waals surface area contributed by atoms with Gasteiger partial charge in [-0.05, 0) is 52.1 Å². The molecule has 0 aromatic carbocycles. The van der Waals surface area contributed by atoms with E-state index in [0.717, 1.165) is 71.2 Å². The molecule has 3 saturated heterocycles. The Hall–Kier alpha value is -1.96. The Morgan fingerprint density at radius 2 is 1.93 bits per heavy atom. The van der Waals surface area contributed by atoms with Crippen molar-refractivity contribution in [3.05, 3.63) is 12.7 Å². The third-order valence-corrected chi connectivity index (χ3v) is 6.84. The van der Waals surface area contributed by atoms with E-state index in [1.54, 1.807) is 11.0 Å². The Bertz CT molecular complexity index is 687. The first kappa shape index (κ1) is 19.4. The van der Waals surface area contributed by atoms with Crippen molar-refractivity contribution in [2.24, 2.45) is 5.41 Å². The Morgan fingerprint density at radius 3 is 2.68 bits per heavy atom. The molecule has 154 valence electrons. The summed E-state index contributed by atoms with van der Waals surface area (Å²) < 4.78 is 1.76. The first-order valence-corrected chi connectivity index (χ1v) is 10.7. The van der Waals surface area contributed by atoms with Gasteiger partial charge in [0.2, 0.25) is 11.8 Å². The van der Waals surface area contributed by atoms with Gasteiger partial charge in [0.05, 0.1) is 11.5 Å². The van der Waals surface area contributed by atoms with E-state index >= 15 is 0 Å². The van der Waals surface area contributed by atoms with Crippen molar-refractivity contribution in [2.45, 2.75) is 57.5 Å². The third-order valence-electron chi connectivity index (χ3n) is 6.84. The normalized spacial score (nSPS) is 28.4. The number of aryl methyl sites for hydroxylation is 1. The first-order chi connectivity index (χ1) is 13.6. The molecule has 4 rings (SSSR count). The van der Waals surface area contributed by atoms with Crippen LogP contribution in [-0.4, -0.2) is 87.1 Å². The van der Waals surface area contributed by atoms with Gasteiger partial charge in [0.25, 0.3) is 0 Å². The maximum Gasteiger partial charge on any atom is 0.230 e. The highest BCUT2D eigenvalue weighted by Gasteiger charge is 2.54. The smallest absolute Gasteiger partial charge is 0.230 e. The van der Waals surface area contributed by atoms with Crippen molar-refractivity contribution >= 4 is 11.8 Å². The number of aromatic nitrogens is 3. The molecular formula is C20H32N6O2. The van der Waals surface area contributed by atoms with Crippen LogP contribution in [-0.2, 0) is 16.1 Å². The Morgan fingerprint density at radius 1 is 1.11 bits per heavy atom. The average Bonchev–Trinajstić information content (AvgIpc) is 3.41. The molecule has 2 amide bonds. The molecule has 28 heavy (non-hydrogen) atoms. The number of likely N-dealkylation sites (tertiary alicyclic amines) is 3. The fourth-order valence-electron chi connectivity index (χ4n) is 5.30. The van der Waals surface area contributed by atoms with Crippen molar-refractivity contribution in [1.82, 2.24) is 29.5 Å². The van der Waals surface area contributed by atoms with Gasteiger partial charge in [-0.1, -0.05) is 0 Å². The molecule has 1 aromatic rings. The van der Waals surface area contributed by atoms with Gasteiger partial charge in [0, 0.05) is 39.1 Å². The lowest BCUT2D eigenvalue weighted by atomic mass is 9.67. The van der Waals surface area contributed by atoms with Crippen LogP contribution in [0.5, 0.6) is 0 Å². The summed E-state index contributed by atoms with van der Waals surface area (Å²) >= 11 is 0. The van der Waals surface area contributed by atoms with Crippen LogP contribution in [0.25, 0.3) is 0 Å². The van der Waals surface area contributed by atoms with Crippen LogP contribution in [0.1, 0.15) is 44.9 Å². The number of piperidine rings is 2. The van der Waals surface area contributed by atoms with Crippen molar-refractivity contribution in [3.63, 3.8) is 0 Å². The molecule has 3 aliphatic rings. The molecule has 0 saturated carbocycles. The van der Waals surface area contributed by atoms with Crippen LogP contribution >= 0.6 is 0 Å². The molecule has 0 bridgehead atoms. The van der Waals surface area contributed by atoms with Crippen molar-refractivity contribution in [2.75, 3.05) is 39.8 Å². The minimum Gasteiger partial charge on any atom is -0.342 e. The van der Waals surface area contributed by atoms with Crippen LogP contribution in [0.15, 0.2) is 12.7 Å². The van der Waals surface area contributed by atoms with E-state index in [0.29, 0.717) is 18.9 Å². The number of rotatable bonds is 5. The topological polar surface area (TPSA) is 74.6 Å². The molecule has 0 N–H and O–H groups in total. The van der Waals surface area contributed by atoms with Crippen LogP contribution in [0, 0.1) is 5.41 Å². The maximum atomic E-state index is 13.6. The zero-order chi connectivity index (χ0) is 19.6. The Kier molecular flexibility index (Phi) is 5.66. The van der Waals surface area contributed by atoms with E-state index < -0.39 is 0 Å². The molecule has 0 radical (unpaired) electrons. The molecule has 0 unspecified atom stereocenters. The summed E-state index contributed by atoms with van der Waals surface area (Å²) in [5.74, 6) is 0.488. The van der Waals surface area contributed by atoms with Gasteiger partial charge in [-0.3, -0.25) is 14.3 Å². The number of hydrogen-bond donors (Lipinski definition) is 0. The molecule has 2 atom stereocenters. The average molecular weight is 389 g/mol. The van der Waals surface area contributed by atoms with E-state index in [1.165, 1.54) is 6.33 Å². The lowest BCUT2D eigenvalue weighted by molar-refractivity contribution is -0.160.